The van der Waals surface area contributed by atoms with Crippen molar-refractivity contribution in [2.24, 2.45) is 0 Å². The number of nitrogens with zero attached hydrogens (tertiary/aromatic N) is 1. The Balaban J connectivity index is 1.74. The van der Waals surface area contributed by atoms with Crippen LogP contribution >= 0.6 is 0 Å². The Morgan fingerprint density at radius 3 is 2.75 bits per heavy atom. The lowest BCUT2D eigenvalue weighted by Crippen LogP contribution is -3.14. The second-order valence-electron chi connectivity index (χ2n) is 5.06. The van der Waals surface area contributed by atoms with Gasteiger partial charge in [0.1, 0.15) is 18.9 Å². The monoisotopic (exact) mass is 279 g/mol. The van der Waals surface area contributed by atoms with E-state index >= 15 is 0 Å². The molecule has 0 saturated carbocycles. The number of hydrogen-bond donors (Lipinski definition) is 1. The number of hydrogen-bond acceptors (Lipinski definition) is 3. The number of quaternary nitrogens is 1. The summed E-state index contributed by atoms with van der Waals surface area (Å²) in [6, 6.07) is 3.92. The van der Waals surface area contributed by atoms with Gasteiger partial charge in [0.25, 0.3) is 11.7 Å². The molecule has 0 bridgehead atoms. The lowest BCUT2D eigenvalue weighted by molar-refractivity contribution is -0.906. The van der Waals surface area contributed by atoms with E-state index in [2.05, 4.69) is 0 Å². The average molecular weight is 279 g/mol. The van der Waals surface area contributed by atoms with Gasteiger partial charge in [-0.25, -0.2) is 4.39 Å². The maximum absolute atomic E-state index is 13.2. The molecular formula is C14H16FN2O3+. The van der Waals surface area contributed by atoms with Gasteiger partial charge in [0.2, 0.25) is 0 Å². The van der Waals surface area contributed by atoms with Gasteiger partial charge < -0.3 is 9.64 Å². The summed E-state index contributed by atoms with van der Waals surface area (Å²) >= 11 is 0. The number of nitrogens with one attached hydrogen (secondary N) is 1. The molecule has 6 heteroatoms. The second kappa shape index (κ2) is 5.30. The van der Waals surface area contributed by atoms with E-state index in [4.69, 9.17) is 4.74 Å². The number of halogens is 1. The molecule has 1 fully saturated rings. The summed E-state index contributed by atoms with van der Waals surface area (Å²) in [5.74, 6) is -1.67. The molecule has 2 heterocycles. The minimum Gasteiger partial charge on any atom is -0.370 e. The predicted octanol–water partition coefficient (Wildman–Crippen LogP) is -0.730. The average Bonchev–Trinajstić information content (AvgIpc) is 2.70. The zero-order valence-corrected chi connectivity index (χ0v) is 11.0. The zero-order chi connectivity index (χ0) is 14.1. The van der Waals surface area contributed by atoms with Crippen LogP contribution in [0.2, 0.25) is 0 Å². The van der Waals surface area contributed by atoms with Crippen LogP contribution in [0.1, 0.15) is 10.4 Å². The highest BCUT2D eigenvalue weighted by Crippen LogP contribution is 2.28. The van der Waals surface area contributed by atoms with Crippen molar-refractivity contribution in [1.82, 2.24) is 0 Å². The van der Waals surface area contributed by atoms with E-state index in [1.54, 1.807) is 0 Å². The standard InChI is InChI=1S/C14H15FN2O3/c15-10-1-2-12-11(9-10)13(18)14(19)17(12)4-3-16-5-7-20-8-6-16/h1-2,9H,3-8H2/p+1. The van der Waals surface area contributed by atoms with Gasteiger partial charge in [-0.05, 0) is 18.2 Å². The summed E-state index contributed by atoms with van der Waals surface area (Å²) < 4.78 is 18.4. The zero-order valence-electron chi connectivity index (χ0n) is 11.0. The van der Waals surface area contributed by atoms with Crippen molar-refractivity contribution in [3.63, 3.8) is 0 Å². The molecule has 2 aliphatic rings. The fraction of sp³-hybridized carbons (Fsp3) is 0.429. The molecule has 0 unspecified atom stereocenters. The lowest BCUT2D eigenvalue weighted by atomic mass is 10.1. The molecule has 1 amide bonds. The number of fused-ring (bicyclic) bond motifs is 1. The first kappa shape index (κ1) is 13.2. The number of amides is 1. The fourth-order valence-electron chi connectivity index (χ4n) is 2.67. The van der Waals surface area contributed by atoms with Gasteiger partial charge in [0.15, 0.2) is 0 Å². The highest BCUT2D eigenvalue weighted by atomic mass is 19.1. The Labute approximate surface area is 115 Å². The van der Waals surface area contributed by atoms with Crippen molar-refractivity contribution in [1.29, 1.82) is 0 Å². The van der Waals surface area contributed by atoms with Crippen molar-refractivity contribution in [3.8, 4) is 0 Å². The van der Waals surface area contributed by atoms with E-state index in [9.17, 15) is 14.0 Å². The number of Topliss-reactive ketones (excluding diaryl/α,β-unsaturated/α-hetero) is 1. The van der Waals surface area contributed by atoms with Crippen LogP contribution in [0.3, 0.4) is 0 Å². The number of ether oxygens (including phenoxy) is 1. The summed E-state index contributed by atoms with van der Waals surface area (Å²) in [7, 11) is 0. The Hall–Kier alpha value is -1.79. The molecule has 0 spiro atoms. The fourth-order valence-corrected chi connectivity index (χ4v) is 2.67. The summed E-state index contributed by atoms with van der Waals surface area (Å²) in [6.07, 6.45) is 0. The molecule has 1 N–H and O–H groups in total. The number of rotatable bonds is 3. The van der Waals surface area contributed by atoms with E-state index in [1.165, 1.54) is 21.9 Å². The number of benzene rings is 1. The van der Waals surface area contributed by atoms with Gasteiger partial charge in [-0.1, -0.05) is 0 Å². The topological polar surface area (TPSA) is 51.0 Å². The van der Waals surface area contributed by atoms with E-state index in [0.717, 1.165) is 38.9 Å². The first-order valence-electron chi connectivity index (χ1n) is 6.74. The third-order valence-corrected chi connectivity index (χ3v) is 3.82. The number of anilines is 1. The number of carbonyl (C=O) groups is 2. The van der Waals surface area contributed by atoms with E-state index in [-0.39, 0.29) is 5.56 Å². The van der Waals surface area contributed by atoms with Crippen molar-refractivity contribution in [3.05, 3.63) is 29.6 Å². The number of carbonyl (C=O) groups excluding carboxylic acids is 2. The van der Waals surface area contributed by atoms with Crippen LogP contribution < -0.4 is 9.80 Å². The molecule has 5 nitrogen and oxygen atoms in total. The van der Waals surface area contributed by atoms with Gasteiger partial charge in [0.05, 0.1) is 37.6 Å². The van der Waals surface area contributed by atoms with Crippen LogP contribution in [0, 0.1) is 5.82 Å². The SMILES string of the molecule is O=C1C(=O)N(CC[NH+]2CCOCC2)c2ccc(F)cc21. The molecule has 1 saturated heterocycles. The minimum absolute atomic E-state index is 0.173. The Morgan fingerprint density at radius 1 is 1.25 bits per heavy atom. The highest BCUT2D eigenvalue weighted by Gasteiger charge is 2.36. The summed E-state index contributed by atoms with van der Waals surface area (Å²) in [6.45, 7) is 4.50. The predicted molar refractivity (Wildman–Crippen MR) is 69.5 cm³/mol. The van der Waals surface area contributed by atoms with Crippen LogP contribution in [0.5, 0.6) is 0 Å². The largest absolute Gasteiger partial charge is 0.370 e. The van der Waals surface area contributed by atoms with Crippen molar-refractivity contribution in [2.45, 2.75) is 0 Å². The van der Waals surface area contributed by atoms with Crippen molar-refractivity contribution < 1.29 is 23.6 Å². The normalized spacial score (nSPS) is 19.6. The Morgan fingerprint density at radius 2 is 2.00 bits per heavy atom. The molecule has 20 heavy (non-hydrogen) atoms. The lowest BCUT2D eigenvalue weighted by Gasteiger charge is -2.26. The maximum Gasteiger partial charge on any atom is 0.299 e. The van der Waals surface area contributed by atoms with Crippen LogP contribution in [0.15, 0.2) is 18.2 Å². The molecule has 1 aromatic rings. The molecule has 0 atom stereocenters. The van der Waals surface area contributed by atoms with E-state index < -0.39 is 17.5 Å². The second-order valence-corrected chi connectivity index (χ2v) is 5.06. The van der Waals surface area contributed by atoms with Crippen LogP contribution in [0.25, 0.3) is 0 Å². The molecule has 3 rings (SSSR count). The third-order valence-electron chi connectivity index (χ3n) is 3.82. The third kappa shape index (κ3) is 2.32. The summed E-state index contributed by atoms with van der Waals surface area (Å²) in [4.78, 5) is 26.6. The van der Waals surface area contributed by atoms with Gasteiger partial charge >= 0.3 is 0 Å². The Kier molecular flexibility index (Phi) is 3.50. The molecule has 1 aromatic carbocycles. The summed E-state index contributed by atoms with van der Waals surface area (Å²) in [5, 5.41) is 0. The molecule has 0 aliphatic carbocycles. The van der Waals surface area contributed by atoms with Gasteiger partial charge in [0, 0.05) is 0 Å². The van der Waals surface area contributed by atoms with Gasteiger partial charge in [-0.15, -0.1) is 0 Å². The number of morpholine rings is 1. The first-order valence-corrected chi connectivity index (χ1v) is 6.74. The first-order chi connectivity index (χ1) is 9.66. The Bertz CT molecular complexity index is 555. The van der Waals surface area contributed by atoms with Gasteiger partial charge in [-0.2, -0.15) is 0 Å². The molecular weight excluding hydrogens is 263 g/mol. The highest BCUT2D eigenvalue weighted by molar-refractivity contribution is 6.52. The molecule has 106 valence electrons. The smallest absolute Gasteiger partial charge is 0.299 e. The van der Waals surface area contributed by atoms with Crippen molar-refractivity contribution >= 4 is 17.4 Å². The quantitative estimate of drug-likeness (QED) is 0.742. The van der Waals surface area contributed by atoms with E-state index in [1.807, 2.05) is 0 Å². The minimum atomic E-state index is -0.614. The van der Waals surface area contributed by atoms with Gasteiger partial charge in [-0.3, -0.25) is 14.5 Å². The number of ketones is 1. The van der Waals surface area contributed by atoms with Crippen LogP contribution in [-0.4, -0.2) is 51.1 Å². The maximum atomic E-state index is 13.2. The van der Waals surface area contributed by atoms with Crippen LogP contribution in [0.4, 0.5) is 10.1 Å². The van der Waals surface area contributed by atoms with Crippen LogP contribution in [-0.2, 0) is 9.53 Å². The summed E-state index contributed by atoms with van der Waals surface area (Å²) in [5.41, 5.74) is 0.695. The molecule has 0 aromatic heterocycles. The molecule has 2 aliphatic heterocycles. The molecule has 0 radical (unpaired) electrons. The van der Waals surface area contributed by atoms with E-state index in [0.29, 0.717) is 12.2 Å². The van der Waals surface area contributed by atoms with Crippen molar-refractivity contribution in [2.75, 3.05) is 44.3 Å².